The van der Waals surface area contributed by atoms with E-state index in [1.165, 1.54) is 16.8 Å². The summed E-state index contributed by atoms with van der Waals surface area (Å²) in [5, 5.41) is 6.69. The summed E-state index contributed by atoms with van der Waals surface area (Å²) >= 11 is 0. The fraction of sp³-hybridized carbons (Fsp3) is 0.160. The Balaban J connectivity index is 1.46. The number of anilines is 1. The molecule has 4 rings (SSSR count). The Kier molecular flexibility index (Phi) is 7.01. The maximum Gasteiger partial charge on any atom is 0.338 e. The van der Waals surface area contributed by atoms with Gasteiger partial charge in [-0.15, -0.1) is 0 Å². The van der Waals surface area contributed by atoms with E-state index in [1.807, 2.05) is 0 Å². The van der Waals surface area contributed by atoms with Gasteiger partial charge in [0.25, 0.3) is 11.4 Å². The van der Waals surface area contributed by atoms with Crippen LogP contribution in [0.3, 0.4) is 0 Å². The predicted octanol–water partition coefficient (Wildman–Crippen LogP) is 3.39. The molecule has 0 saturated carbocycles. The molecule has 0 saturated heterocycles. The molecule has 0 aliphatic rings. The summed E-state index contributed by atoms with van der Waals surface area (Å²) in [6.45, 7) is 1.77. The summed E-state index contributed by atoms with van der Waals surface area (Å²) in [5.41, 5.74) is 1.72. The maximum absolute atomic E-state index is 12.5. The summed E-state index contributed by atoms with van der Waals surface area (Å²) in [6.07, 6.45) is 1.48. The van der Waals surface area contributed by atoms with Crippen LogP contribution in [0.5, 0.6) is 5.75 Å². The van der Waals surface area contributed by atoms with Crippen LogP contribution in [0.15, 0.2) is 76.2 Å². The number of rotatable bonds is 8. The molecule has 0 fully saturated rings. The van der Waals surface area contributed by atoms with Gasteiger partial charge in [0.05, 0.1) is 24.8 Å². The molecule has 2 aromatic heterocycles. The average Bonchev–Trinajstić information content (AvgIpc) is 3.36. The Labute approximate surface area is 200 Å². The van der Waals surface area contributed by atoms with Crippen molar-refractivity contribution in [2.24, 2.45) is 0 Å². The smallest absolute Gasteiger partial charge is 0.338 e. The van der Waals surface area contributed by atoms with Crippen molar-refractivity contribution in [3.8, 4) is 28.6 Å². The predicted molar refractivity (Wildman–Crippen MR) is 127 cm³/mol. The van der Waals surface area contributed by atoms with Gasteiger partial charge in [-0.2, -0.15) is 4.98 Å². The minimum atomic E-state index is -0.440. The molecule has 1 N–H and O–H groups in total. The third kappa shape index (κ3) is 5.61. The molecule has 4 aromatic rings. The summed E-state index contributed by atoms with van der Waals surface area (Å²) < 4.78 is 16.7. The van der Waals surface area contributed by atoms with E-state index >= 15 is 0 Å². The molecule has 2 heterocycles. The SMILES string of the molecule is CCOC(=O)c1ccc(NC(=O)Cn2cc(-c3nc(-c4ccc(OC)cc4)no3)ccc2=O)cc1. The van der Waals surface area contributed by atoms with Crippen LogP contribution in [0.25, 0.3) is 22.8 Å². The second-order valence-corrected chi connectivity index (χ2v) is 7.38. The van der Waals surface area contributed by atoms with Gasteiger partial charge in [0.15, 0.2) is 0 Å². The van der Waals surface area contributed by atoms with Gasteiger partial charge in [-0.3, -0.25) is 9.59 Å². The largest absolute Gasteiger partial charge is 0.497 e. The van der Waals surface area contributed by atoms with Crippen molar-refractivity contribution in [2.45, 2.75) is 13.5 Å². The monoisotopic (exact) mass is 474 g/mol. The molecular weight excluding hydrogens is 452 g/mol. The van der Waals surface area contributed by atoms with Crippen molar-refractivity contribution in [3.63, 3.8) is 0 Å². The fourth-order valence-corrected chi connectivity index (χ4v) is 3.24. The number of pyridine rings is 1. The van der Waals surface area contributed by atoms with Crippen LogP contribution in [0.4, 0.5) is 5.69 Å². The number of amides is 1. The number of methoxy groups -OCH3 is 1. The zero-order valence-electron chi connectivity index (χ0n) is 19.1. The van der Waals surface area contributed by atoms with Gasteiger partial charge in [0, 0.05) is 23.5 Å². The number of aromatic nitrogens is 3. The van der Waals surface area contributed by atoms with Crippen molar-refractivity contribution < 1.29 is 23.6 Å². The van der Waals surface area contributed by atoms with E-state index in [9.17, 15) is 14.4 Å². The van der Waals surface area contributed by atoms with E-state index in [0.717, 1.165) is 5.56 Å². The molecule has 0 radical (unpaired) electrons. The standard InChI is InChI=1S/C25H22N4O6/c1-3-34-25(32)17-4-9-19(10-5-17)26-21(30)15-29-14-18(8-13-22(29)31)24-27-23(28-35-24)16-6-11-20(33-2)12-7-16/h4-14H,3,15H2,1-2H3,(H,26,30). The van der Waals surface area contributed by atoms with E-state index in [-0.39, 0.29) is 24.6 Å². The topological polar surface area (TPSA) is 126 Å². The molecule has 0 aliphatic heterocycles. The summed E-state index contributed by atoms with van der Waals surface area (Å²) in [6, 6.07) is 16.3. The van der Waals surface area contributed by atoms with Crippen LogP contribution in [-0.2, 0) is 16.1 Å². The highest BCUT2D eigenvalue weighted by molar-refractivity contribution is 5.93. The van der Waals surface area contributed by atoms with Crippen LogP contribution < -0.4 is 15.6 Å². The quantitative estimate of drug-likeness (QED) is 0.385. The lowest BCUT2D eigenvalue weighted by atomic mass is 10.2. The van der Waals surface area contributed by atoms with Crippen LogP contribution >= 0.6 is 0 Å². The van der Waals surface area contributed by atoms with Gasteiger partial charge in [-0.05, 0) is 61.5 Å². The molecule has 0 bridgehead atoms. The number of carbonyl (C=O) groups is 2. The van der Waals surface area contributed by atoms with Gasteiger partial charge in [-0.1, -0.05) is 5.16 Å². The molecule has 2 aromatic carbocycles. The first kappa shape index (κ1) is 23.4. The molecule has 0 unspecified atom stereocenters. The lowest BCUT2D eigenvalue weighted by molar-refractivity contribution is -0.116. The Morgan fingerprint density at radius 1 is 1.00 bits per heavy atom. The normalized spacial score (nSPS) is 10.6. The Morgan fingerprint density at radius 2 is 1.71 bits per heavy atom. The number of nitrogens with zero attached hydrogens (tertiary/aromatic N) is 3. The van der Waals surface area contributed by atoms with Gasteiger partial charge < -0.3 is 23.9 Å². The lowest BCUT2D eigenvalue weighted by Gasteiger charge is -2.09. The highest BCUT2D eigenvalue weighted by Gasteiger charge is 2.14. The molecule has 35 heavy (non-hydrogen) atoms. The van der Waals surface area contributed by atoms with Gasteiger partial charge in [0.2, 0.25) is 11.7 Å². The zero-order valence-corrected chi connectivity index (χ0v) is 19.1. The molecular formula is C25H22N4O6. The number of benzene rings is 2. The highest BCUT2D eigenvalue weighted by atomic mass is 16.5. The van der Waals surface area contributed by atoms with Crippen LogP contribution in [0.2, 0.25) is 0 Å². The summed E-state index contributed by atoms with van der Waals surface area (Å²) in [5.74, 6) is 0.434. The van der Waals surface area contributed by atoms with Gasteiger partial charge in [0.1, 0.15) is 12.3 Å². The lowest BCUT2D eigenvalue weighted by Crippen LogP contribution is -2.26. The van der Waals surface area contributed by atoms with E-state index in [4.69, 9.17) is 14.0 Å². The highest BCUT2D eigenvalue weighted by Crippen LogP contribution is 2.23. The van der Waals surface area contributed by atoms with E-state index in [2.05, 4.69) is 15.5 Å². The van der Waals surface area contributed by atoms with Crippen LogP contribution in [0.1, 0.15) is 17.3 Å². The number of nitrogens with one attached hydrogen (secondary N) is 1. The summed E-state index contributed by atoms with van der Waals surface area (Å²) in [4.78, 5) is 41.0. The van der Waals surface area contributed by atoms with E-state index in [1.54, 1.807) is 68.6 Å². The molecule has 10 heteroatoms. The minimum absolute atomic E-state index is 0.208. The zero-order chi connectivity index (χ0) is 24.8. The minimum Gasteiger partial charge on any atom is -0.497 e. The van der Waals surface area contributed by atoms with Gasteiger partial charge >= 0.3 is 5.97 Å². The van der Waals surface area contributed by atoms with E-state index in [0.29, 0.717) is 28.4 Å². The first-order chi connectivity index (χ1) is 17.0. The summed E-state index contributed by atoms with van der Waals surface area (Å²) in [7, 11) is 1.58. The molecule has 178 valence electrons. The Bertz CT molecular complexity index is 1390. The third-order valence-electron chi connectivity index (χ3n) is 5.00. The molecule has 1 amide bonds. The number of carbonyl (C=O) groups excluding carboxylic acids is 2. The van der Waals surface area contributed by atoms with Crippen LogP contribution in [-0.4, -0.2) is 40.3 Å². The van der Waals surface area contributed by atoms with Crippen molar-refractivity contribution in [1.29, 1.82) is 0 Å². The number of hydrogen-bond acceptors (Lipinski definition) is 8. The van der Waals surface area contributed by atoms with Crippen LogP contribution in [0, 0.1) is 0 Å². The maximum atomic E-state index is 12.5. The van der Waals surface area contributed by atoms with Crippen molar-refractivity contribution >= 4 is 17.6 Å². The third-order valence-corrected chi connectivity index (χ3v) is 5.00. The van der Waals surface area contributed by atoms with Crippen molar-refractivity contribution in [1.82, 2.24) is 14.7 Å². The van der Waals surface area contributed by atoms with E-state index < -0.39 is 11.9 Å². The number of hydrogen-bond donors (Lipinski definition) is 1. The number of esters is 1. The second-order valence-electron chi connectivity index (χ2n) is 7.38. The van der Waals surface area contributed by atoms with Crippen molar-refractivity contribution in [2.75, 3.05) is 19.0 Å². The number of ether oxygens (including phenoxy) is 2. The van der Waals surface area contributed by atoms with Gasteiger partial charge in [-0.25, -0.2) is 4.79 Å². The Morgan fingerprint density at radius 3 is 2.40 bits per heavy atom. The molecule has 0 atom stereocenters. The first-order valence-electron chi connectivity index (χ1n) is 10.7. The first-order valence-corrected chi connectivity index (χ1v) is 10.7. The Hall–Kier alpha value is -4.73. The second kappa shape index (κ2) is 10.5. The molecule has 0 spiro atoms. The van der Waals surface area contributed by atoms with Crippen molar-refractivity contribution in [3.05, 3.63) is 82.8 Å². The molecule has 10 nitrogen and oxygen atoms in total. The average molecular weight is 474 g/mol. The fourth-order valence-electron chi connectivity index (χ4n) is 3.24. The molecule has 0 aliphatic carbocycles.